The number of thioether (sulfide) groups is 1. The molecule has 1 aromatic rings. The summed E-state index contributed by atoms with van der Waals surface area (Å²) >= 11 is 1.11. The molecule has 0 amide bonds. The first-order chi connectivity index (χ1) is 8.80. The SMILES string of the molecule is CC(=O)SCCC#Cc1cc(C(F)(F)F)cnc1N. The van der Waals surface area contributed by atoms with Crippen LogP contribution in [0.1, 0.15) is 24.5 Å². The normalized spacial score (nSPS) is 10.7. The number of anilines is 1. The summed E-state index contributed by atoms with van der Waals surface area (Å²) in [5, 5.41) is -0.0259. The summed E-state index contributed by atoms with van der Waals surface area (Å²) in [4.78, 5) is 14.1. The standard InChI is InChI=1S/C12H11F3N2OS/c1-8(18)19-5-3-2-4-9-6-10(12(13,14)15)7-17-11(9)16/h6-7H,3,5H2,1H3,(H2,16,17). The molecule has 7 heteroatoms. The Morgan fingerprint density at radius 3 is 2.79 bits per heavy atom. The first-order valence-electron chi connectivity index (χ1n) is 5.25. The van der Waals surface area contributed by atoms with E-state index in [1.54, 1.807) is 0 Å². The molecule has 0 unspecified atom stereocenters. The molecule has 0 aliphatic heterocycles. The highest BCUT2D eigenvalue weighted by molar-refractivity contribution is 8.13. The number of alkyl halides is 3. The summed E-state index contributed by atoms with van der Waals surface area (Å²) in [5.74, 6) is 5.66. The molecule has 0 radical (unpaired) electrons. The monoisotopic (exact) mass is 288 g/mol. The van der Waals surface area contributed by atoms with Gasteiger partial charge < -0.3 is 5.73 Å². The number of halogens is 3. The Morgan fingerprint density at radius 1 is 1.53 bits per heavy atom. The van der Waals surface area contributed by atoms with Gasteiger partial charge in [-0.15, -0.1) is 0 Å². The van der Waals surface area contributed by atoms with E-state index in [4.69, 9.17) is 5.73 Å². The van der Waals surface area contributed by atoms with Gasteiger partial charge >= 0.3 is 6.18 Å². The summed E-state index contributed by atoms with van der Waals surface area (Å²) in [5.41, 5.74) is 4.61. The van der Waals surface area contributed by atoms with E-state index < -0.39 is 11.7 Å². The summed E-state index contributed by atoms with van der Waals surface area (Å²) < 4.78 is 37.4. The smallest absolute Gasteiger partial charge is 0.383 e. The van der Waals surface area contributed by atoms with Crippen LogP contribution in [0.5, 0.6) is 0 Å². The van der Waals surface area contributed by atoms with Gasteiger partial charge in [-0.25, -0.2) is 4.98 Å². The summed E-state index contributed by atoms with van der Waals surface area (Å²) in [6.07, 6.45) is -3.41. The van der Waals surface area contributed by atoms with Crippen LogP contribution in [0.25, 0.3) is 0 Å². The Bertz CT molecular complexity index is 532. The van der Waals surface area contributed by atoms with Crippen LogP contribution in [-0.2, 0) is 11.0 Å². The molecular weight excluding hydrogens is 277 g/mol. The largest absolute Gasteiger partial charge is 0.417 e. The maximum Gasteiger partial charge on any atom is 0.417 e. The molecule has 0 saturated heterocycles. The molecule has 0 bridgehead atoms. The van der Waals surface area contributed by atoms with Crippen molar-refractivity contribution >= 4 is 22.7 Å². The zero-order valence-corrected chi connectivity index (χ0v) is 10.9. The quantitative estimate of drug-likeness (QED) is 0.671. The highest BCUT2D eigenvalue weighted by Crippen LogP contribution is 2.29. The van der Waals surface area contributed by atoms with Gasteiger partial charge in [0, 0.05) is 25.3 Å². The van der Waals surface area contributed by atoms with Crippen LogP contribution in [0.15, 0.2) is 12.3 Å². The number of rotatable bonds is 2. The van der Waals surface area contributed by atoms with Gasteiger partial charge in [0.2, 0.25) is 0 Å². The van der Waals surface area contributed by atoms with Gasteiger partial charge in [-0.3, -0.25) is 4.79 Å². The van der Waals surface area contributed by atoms with E-state index >= 15 is 0 Å². The third-order valence-corrected chi connectivity index (χ3v) is 2.82. The van der Waals surface area contributed by atoms with Gasteiger partial charge in [0.25, 0.3) is 0 Å². The first-order valence-corrected chi connectivity index (χ1v) is 6.24. The number of hydrogen-bond donors (Lipinski definition) is 1. The lowest BCUT2D eigenvalue weighted by Crippen LogP contribution is -2.07. The van der Waals surface area contributed by atoms with E-state index in [1.807, 2.05) is 0 Å². The van der Waals surface area contributed by atoms with Crippen LogP contribution in [-0.4, -0.2) is 15.9 Å². The molecule has 1 heterocycles. The Kier molecular flexibility index (Phi) is 5.24. The molecule has 19 heavy (non-hydrogen) atoms. The van der Waals surface area contributed by atoms with Gasteiger partial charge in [-0.2, -0.15) is 13.2 Å². The van der Waals surface area contributed by atoms with Crippen molar-refractivity contribution in [3.8, 4) is 11.8 Å². The molecule has 0 spiro atoms. The zero-order chi connectivity index (χ0) is 14.5. The van der Waals surface area contributed by atoms with Gasteiger partial charge in [0.15, 0.2) is 5.12 Å². The number of aromatic nitrogens is 1. The molecule has 0 saturated carbocycles. The molecule has 2 N–H and O–H groups in total. The van der Waals surface area contributed by atoms with Crippen LogP contribution in [0.4, 0.5) is 19.0 Å². The van der Waals surface area contributed by atoms with Crippen molar-refractivity contribution in [2.45, 2.75) is 19.5 Å². The van der Waals surface area contributed by atoms with E-state index in [2.05, 4.69) is 16.8 Å². The van der Waals surface area contributed by atoms with Crippen LogP contribution in [0, 0.1) is 11.8 Å². The first kappa shape index (κ1) is 15.4. The molecule has 0 aliphatic carbocycles. The predicted octanol–water partition coefficient (Wildman–Crippen LogP) is 2.70. The van der Waals surface area contributed by atoms with Gasteiger partial charge in [-0.05, 0) is 6.07 Å². The lowest BCUT2D eigenvalue weighted by Gasteiger charge is -2.06. The second-order valence-corrected chi connectivity index (χ2v) is 4.82. The van der Waals surface area contributed by atoms with Crippen molar-refractivity contribution in [1.29, 1.82) is 0 Å². The fourth-order valence-electron chi connectivity index (χ4n) is 1.13. The highest BCUT2D eigenvalue weighted by atomic mass is 32.2. The second kappa shape index (κ2) is 6.48. The van der Waals surface area contributed by atoms with Crippen molar-refractivity contribution in [3.05, 3.63) is 23.4 Å². The lowest BCUT2D eigenvalue weighted by molar-refractivity contribution is -0.137. The minimum Gasteiger partial charge on any atom is -0.383 e. The lowest BCUT2D eigenvalue weighted by atomic mass is 10.2. The van der Waals surface area contributed by atoms with Gasteiger partial charge in [0.1, 0.15) is 5.82 Å². The average Bonchev–Trinajstić information content (AvgIpc) is 2.29. The predicted molar refractivity (Wildman–Crippen MR) is 68.3 cm³/mol. The van der Waals surface area contributed by atoms with E-state index in [1.165, 1.54) is 6.92 Å². The summed E-state index contributed by atoms with van der Waals surface area (Å²) in [7, 11) is 0. The number of carbonyl (C=O) groups excluding carboxylic acids is 1. The topological polar surface area (TPSA) is 56.0 Å². The van der Waals surface area contributed by atoms with Gasteiger partial charge in [-0.1, -0.05) is 23.6 Å². The number of nitrogen functional groups attached to an aromatic ring is 1. The average molecular weight is 288 g/mol. The fourth-order valence-corrected chi connectivity index (χ4v) is 1.63. The van der Waals surface area contributed by atoms with Crippen molar-refractivity contribution in [3.63, 3.8) is 0 Å². The Labute approximate surface area is 112 Å². The molecule has 102 valence electrons. The maximum atomic E-state index is 12.5. The number of carbonyl (C=O) groups is 1. The molecule has 0 aliphatic rings. The Balaban J connectivity index is 2.78. The van der Waals surface area contributed by atoms with E-state index in [9.17, 15) is 18.0 Å². The van der Waals surface area contributed by atoms with Crippen molar-refractivity contribution in [2.75, 3.05) is 11.5 Å². The molecule has 0 fully saturated rings. The molecule has 0 atom stereocenters. The molecule has 1 rings (SSSR count). The third-order valence-electron chi connectivity index (χ3n) is 2.00. The second-order valence-electron chi connectivity index (χ2n) is 3.55. The van der Waals surface area contributed by atoms with E-state index in [-0.39, 0.29) is 16.5 Å². The van der Waals surface area contributed by atoms with Gasteiger partial charge in [0.05, 0.1) is 11.1 Å². The number of pyridine rings is 1. The van der Waals surface area contributed by atoms with Crippen molar-refractivity contribution < 1.29 is 18.0 Å². The Hall–Kier alpha value is -1.68. The molecule has 1 aromatic heterocycles. The Morgan fingerprint density at radius 2 is 2.21 bits per heavy atom. The number of hydrogen-bond acceptors (Lipinski definition) is 4. The molecular formula is C12H11F3N2OS. The molecule has 0 aromatic carbocycles. The number of nitrogens with two attached hydrogens (primary N) is 1. The summed E-state index contributed by atoms with van der Waals surface area (Å²) in [6.45, 7) is 1.44. The maximum absolute atomic E-state index is 12.5. The van der Waals surface area contributed by atoms with Crippen LogP contribution in [0.3, 0.4) is 0 Å². The van der Waals surface area contributed by atoms with Crippen molar-refractivity contribution in [1.82, 2.24) is 4.98 Å². The number of nitrogens with zero attached hydrogens (tertiary/aromatic N) is 1. The minimum atomic E-state index is -4.47. The molecule has 3 nitrogen and oxygen atoms in total. The zero-order valence-electron chi connectivity index (χ0n) is 10.0. The van der Waals surface area contributed by atoms with E-state index in [0.717, 1.165) is 17.8 Å². The van der Waals surface area contributed by atoms with Crippen LogP contribution >= 0.6 is 11.8 Å². The van der Waals surface area contributed by atoms with Crippen LogP contribution < -0.4 is 5.73 Å². The summed E-state index contributed by atoms with van der Waals surface area (Å²) in [6, 6.07) is 0.869. The highest BCUT2D eigenvalue weighted by Gasteiger charge is 2.31. The third kappa shape index (κ3) is 5.22. The minimum absolute atomic E-state index is 0.0259. The fraction of sp³-hybridized carbons (Fsp3) is 0.333. The van der Waals surface area contributed by atoms with Crippen molar-refractivity contribution in [2.24, 2.45) is 0 Å². The van der Waals surface area contributed by atoms with Crippen LogP contribution in [0.2, 0.25) is 0 Å². The van der Waals surface area contributed by atoms with E-state index in [0.29, 0.717) is 18.4 Å².